The zero-order chi connectivity index (χ0) is 19.4. The highest BCUT2D eigenvalue weighted by Crippen LogP contribution is 2.40. The van der Waals surface area contributed by atoms with Crippen molar-refractivity contribution in [2.45, 2.75) is 45.7 Å². The van der Waals surface area contributed by atoms with E-state index >= 15 is 0 Å². The quantitative estimate of drug-likeness (QED) is 0.644. The summed E-state index contributed by atoms with van der Waals surface area (Å²) in [6.45, 7) is 4.59. The molecule has 2 aromatic carbocycles. The number of rotatable bonds is 6. The predicted molar refractivity (Wildman–Crippen MR) is 113 cm³/mol. The fraction of sp³-hybridized carbons (Fsp3) is 0.391. The second kappa shape index (κ2) is 9.09. The van der Waals surface area contributed by atoms with E-state index in [9.17, 15) is 4.79 Å². The van der Waals surface area contributed by atoms with Crippen molar-refractivity contribution in [2.75, 3.05) is 13.1 Å². The van der Waals surface area contributed by atoms with Crippen molar-refractivity contribution in [3.8, 4) is 0 Å². The van der Waals surface area contributed by atoms with Crippen molar-refractivity contribution in [3.63, 3.8) is 0 Å². The molecule has 2 heterocycles. The fourth-order valence-corrected chi connectivity index (χ4v) is 4.03. The van der Waals surface area contributed by atoms with Gasteiger partial charge in [-0.05, 0) is 49.2 Å². The van der Waals surface area contributed by atoms with Crippen LogP contribution in [0.2, 0.25) is 0 Å². The lowest BCUT2D eigenvalue weighted by molar-refractivity contribution is -0.117. The number of likely N-dealkylation sites (tertiary alicyclic amines) is 1. The number of nitrogens with zero attached hydrogens (tertiary/aromatic N) is 5. The van der Waals surface area contributed by atoms with Crippen LogP contribution in [0.5, 0.6) is 0 Å². The zero-order valence-electron chi connectivity index (χ0n) is 16.2. The van der Waals surface area contributed by atoms with E-state index in [1.807, 2.05) is 6.07 Å². The molecule has 0 unspecified atom stereocenters. The fourth-order valence-electron chi connectivity index (χ4n) is 4.03. The van der Waals surface area contributed by atoms with E-state index in [0.29, 0.717) is 0 Å². The molecule has 3 aromatic rings. The van der Waals surface area contributed by atoms with Crippen LogP contribution in [0.3, 0.4) is 0 Å². The minimum absolute atomic E-state index is 0. The molecule has 0 bridgehead atoms. The lowest BCUT2D eigenvalue weighted by Gasteiger charge is -2.40. The SMILES string of the molecule is C.CC(=O)Cn1nnc(C2(c3ccccc3)CCN(Cc3ccccc3)CC2)n1. The molecule has 1 aromatic heterocycles. The molecular weight excluding hydrogens is 362 g/mol. The second-order valence-corrected chi connectivity index (χ2v) is 7.56. The van der Waals surface area contributed by atoms with Crippen molar-refractivity contribution in [2.24, 2.45) is 0 Å². The molecule has 1 aliphatic rings. The number of piperidine rings is 1. The zero-order valence-corrected chi connectivity index (χ0v) is 16.2. The summed E-state index contributed by atoms with van der Waals surface area (Å²) >= 11 is 0. The van der Waals surface area contributed by atoms with Crippen LogP contribution < -0.4 is 0 Å². The molecule has 0 amide bonds. The average molecular weight is 392 g/mol. The van der Waals surface area contributed by atoms with Crippen LogP contribution in [0, 0.1) is 0 Å². The van der Waals surface area contributed by atoms with E-state index in [2.05, 4.69) is 74.9 Å². The van der Waals surface area contributed by atoms with Gasteiger partial charge in [0.15, 0.2) is 11.6 Å². The van der Waals surface area contributed by atoms with Gasteiger partial charge in [-0.3, -0.25) is 9.69 Å². The van der Waals surface area contributed by atoms with Crippen LogP contribution in [-0.4, -0.2) is 44.0 Å². The van der Waals surface area contributed by atoms with Gasteiger partial charge in [0, 0.05) is 6.54 Å². The van der Waals surface area contributed by atoms with Crippen LogP contribution in [0.1, 0.15) is 44.1 Å². The van der Waals surface area contributed by atoms with Crippen molar-refractivity contribution >= 4 is 5.78 Å². The van der Waals surface area contributed by atoms with Crippen molar-refractivity contribution < 1.29 is 4.79 Å². The third-order valence-corrected chi connectivity index (χ3v) is 5.53. The summed E-state index contributed by atoms with van der Waals surface area (Å²) in [4.78, 5) is 15.3. The maximum Gasteiger partial charge on any atom is 0.185 e. The first-order valence-corrected chi connectivity index (χ1v) is 9.75. The lowest BCUT2D eigenvalue weighted by Crippen LogP contribution is -2.43. The van der Waals surface area contributed by atoms with Gasteiger partial charge in [0.2, 0.25) is 0 Å². The minimum atomic E-state index is -0.260. The third kappa shape index (κ3) is 4.59. The summed E-state index contributed by atoms with van der Waals surface area (Å²) in [5.41, 5.74) is 2.29. The van der Waals surface area contributed by atoms with Crippen LogP contribution in [0.4, 0.5) is 0 Å². The first-order valence-electron chi connectivity index (χ1n) is 9.75. The van der Waals surface area contributed by atoms with Crippen LogP contribution in [-0.2, 0) is 23.3 Å². The van der Waals surface area contributed by atoms with Gasteiger partial charge in [0.25, 0.3) is 0 Å². The van der Waals surface area contributed by atoms with Gasteiger partial charge >= 0.3 is 0 Å². The largest absolute Gasteiger partial charge is 0.299 e. The molecule has 0 N–H and O–H groups in total. The molecule has 0 atom stereocenters. The molecule has 1 aliphatic heterocycles. The maximum absolute atomic E-state index is 11.4. The Morgan fingerprint density at radius 3 is 2.24 bits per heavy atom. The Morgan fingerprint density at radius 2 is 1.62 bits per heavy atom. The molecule has 0 radical (unpaired) electrons. The molecule has 0 aliphatic carbocycles. The number of carbonyl (C=O) groups is 1. The Kier molecular flexibility index (Phi) is 6.54. The topological polar surface area (TPSA) is 63.9 Å². The van der Waals surface area contributed by atoms with E-state index in [1.165, 1.54) is 22.8 Å². The van der Waals surface area contributed by atoms with Gasteiger partial charge in [-0.1, -0.05) is 68.1 Å². The van der Waals surface area contributed by atoms with E-state index in [1.54, 1.807) is 0 Å². The van der Waals surface area contributed by atoms with Crippen molar-refractivity contribution in [3.05, 3.63) is 77.6 Å². The number of carbonyl (C=O) groups excluding carboxylic acids is 1. The monoisotopic (exact) mass is 391 g/mol. The highest BCUT2D eigenvalue weighted by molar-refractivity contribution is 5.74. The summed E-state index contributed by atoms with van der Waals surface area (Å²) in [5, 5.41) is 13.1. The van der Waals surface area contributed by atoms with Crippen molar-refractivity contribution in [1.29, 1.82) is 0 Å². The third-order valence-electron chi connectivity index (χ3n) is 5.53. The molecule has 0 spiro atoms. The lowest BCUT2D eigenvalue weighted by atomic mass is 9.72. The van der Waals surface area contributed by atoms with Gasteiger partial charge in [-0.15, -0.1) is 10.2 Å². The summed E-state index contributed by atoms with van der Waals surface area (Å²) < 4.78 is 0. The number of tetrazole rings is 1. The predicted octanol–water partition coefficient (Wildman–Crippen LogP) is 3.48. The number of hydrogen-bond donors (Lipinski definition) is 0. The Balaban J connectivity index is 0.00000240. The second-order valence-electron chi connectivity index (χ2n) is 7.56. The molecule has 4 rings (SSSR count). The number of hydrogen-bond acceptors (Lipinski definition) is 5. The Bertz CT molecular complexity index is 915. The maximum atomic E-state index is 11.4. The Hall–Kier alpha value is -2.86. The highest BCUT2D eigenvalue weighted by atomic mass is 16.1. The number of Topliss-reactive ketones (excluding diaryl/α,β-unsaturated/α-hetero) is 1. The average Bonchev–Trinajstić information content (AvgIpc) is 3.18. The van der Waals surface area contributed by atoms with E-state index < -0.39 is 0 Å². The van der Waals surface area contributed by atoms with Gasteiger partial charge in [0.1, 0.15) is 6.54 Å². The first-order chi connectivity index (χ1) is 13.7. The first kappa shape index (κ1) is 20.9. The van der Waals surface area contributed by atoms with Crippen LogP contribution in [0.25, 0.3) is 0 Å². The number of ketones is 1. The molecule has 6 heteroatoms. The van der Waals surface area contributed by atoms with E-state index in [0.717, 1.165) is 38.3 Å². The number of benzene rings is 2. The summed E-state index contributed by atoms with van der Waals surface area (Å²) in [6.07, 6.45) is 1.85. The van der Waals surface area contributed by atoms with Gasteiger partial charge in [0.05, 0.1) is 5.41 Å². The van der Waals surface area contributed by atoms with E-state index in [4.69, 9.17) is 0 Å². The molecule has 0 saturated carbocycles. The molecular formula is C23H29N5O. The molecule has 152 valence electrons. The smallest absolute Gasteiger partial charge is 0.185 e. The van der Waals surface area contributed by atoms with Crippen LogP contribution >= 0.6 is 0 Å². The molecule has 1 fully saturated rings. The van der Waals surface area contributed by atoms with Crippen LogP contribution in [0.15, 0.2) is 60.7 Å². The summed E-state index contributed by atoms with van der Waals surface area (Å²) in [6, 6.07) is 21.0. The Labute approximate surface area is 172 Å². The summed E-state index contributed by atoms with van der Waals surface area (Å²) in [7, 11) is 0. The normalized spacial score (nSPS) is 16.2. The molecule has 29 heavy (non-hydrogen) atoms. The number of aromatic nitrogens is 4. The highest BCUT2D eigenvalue weighted by Gasteiger charge is 2.41. The minimum Gasteiger partial charge on any atom is -0.299 e. The van der Waals surface area contributed by atoms with Gasteiger partial charge in [-0.2, -0.15) is 4.80 Å². The molecule has 1 saturated heterocycles. The van der Waals surface area contributed by atoms with Gasteiger partial charge in [-0.25, -0.2) is 0 Å². The standard InChI is InChI=1S/C22H25N5O.CH4/c1-18(28)16-27-24-21(23-25-27)22(20-10-6-3-7-11-20)12-14-26(15-13-22)17-19-8-4-2-5-9-19;/h2-11H,12-17H2,1H3;1H4. The Morgan fingerprint density at radius 1 is 1.00 bits per heavy atom. The molecule has 6 nitrogen and oxygen atoms in total. The van der Waals surface area contributed by atoms with Crippen molar-refractivity contribution in [1.82, 2.24) is 25.1 Å². The van der Waals surface area contributed by atoms with Gasteiger partial charge < -0.3 is 0 Å². The summed E-state index contributed by atoms with van der Waals surface area (Å²) in [5.74, 6) is 0.745. The van der Waals surface area contributed by atoms with E-state index in [-0.39, 0.29) is 25.2 Å².